The summed E-state index contributed by atoms with van der Waals surface area (Å²) >= 11 is 0.974. The summed E-state index contributed by atoms with van der Waals surface area (Å²) in [5, 5.41) is 20.2. The molecule has 1 rings (SSSR count). The fourth-order valence-corrected chi connectivity index (χ4v) is 1.94. The van der Waals surface area contributed by atoms with Crippen LogP contribution in [-0.4, -0.2) is 48.8 Å². The standard InChI is InChI=1S/C10H16N2O4S/c1-11(2)5-6-16-7-8(13)9-3-4-10(17-9)12(14)15/h3-4,8,13H,5-7H2,1-2H3. The van der Waals surface area contributed by atoms with E-state index in [9.17, 15) is 15.2 Å². The lowest BCUT2D eigenvalue weighted by atomic mass is 10.3. The molecule has 0 aliphatic rings. The number of rotatable bonds is 7. The summed E-state index contributed by atoms with van der Waals surface area (Å²) < 4.78 is 5.28. The molecule has 1 heterocycles. The van der Waals surface area contributed by atoms with Crippen LogP contribution in [0.5, 0.6) is 0 Å². The maximum Gasteiger partial charge on any atom is 0.324 e. The molecule has 7 heteroatoms. The van der Waals surface area contributed by atoms with E-state index >= 15 is 0 Å². The highest BCUT2D eigenvalue weighted by Crippen LogP contribution is 2.28. The molecule has 0 amide bonds. The summed E-state index contributed by atoms with van der Waals surface area (Å²) in [6.45, 7) is 1.46. The van der Waals surface area contributed by atoms with E-state index < -0.39 is 11.0 Å². The molecule has 0 radical (unpaired) electrons. The predicted octanol–water partition coefficient (Wildman–Crippen LogP) is 1.27. The topological polar surface area (TPSA) is 75.8 Å². The van der Waals surface area contributed by atoms with Crippen LogP contribution >= 0.6 is 11.3 Å². The van der Waals surface area contributed by atoms with Crippen molar-refractivity contribution in [1.82, 2.24) is 4.90 Å². The van der Waals surface area contributed by atoms with Crippen LogP contribution in [0.2, 0.25) is 0 Å². The molecule has 0 saturated heterocycles. The molecule has 17 heavy (non-hydrogen) atoms. The van der Waals surface area contributed by atoms with Crippen LogP contribution in [0.3, 0.4) is 0 Å². The molecule has 0 aliphatic carbocycles. The van der Waals surface area contributed by atoms with Gasteiger partial charge in [0.1, 0.15) is 6.10 Å². The Balaban J connectivity index is 2.36. The van der Waals surface area contributed by atoms with Crippen molar-refractivity contribution in [1.29, 1.82) is 0 Å². The molecule has 1 unspecified atom stereocenters. The van der Waals surface area contributed by atoms with Crippen molar-refractivity contribution in [2.24, 2.45) is 0 Å². The normalized spacial score (nSPS) is 12.9. The van der Waals surface area contributed by atoms with Crippen LogP contribution in [0.1, 0.15) is 11.0 Å². The lowest BCUT2D eigenvalue weighted by molar-refractivity contribution is -0.380. The zero-order valence-corrected chi connectivity index (χ0v) is 10.6. The van der Waals surface area contributed by atoms with E-state index in [1.165, 1.54) is 6.07 Å². The summed E-state index contributed by atoms with van der Waals surface area (Å²) in [6, 6.07) is 2.95. The summed E-state index contributed by atoms with van der Waals surface area (Å²) in [4.78, 5) is 12.5. The molecule has 1 aromatic heterocycles. The molecule has 0 fully saturated rings. The third-order valence-corrected chi connectivity index (χ3v) is 3.22. The second kappa shape index (κ2) is 6.65. The van der Waals surface area contributed by atoms with Crippen molar-refractivity contribution in [3.8, 4) is 0 Å². The van der Waals surface area contributed by atoms with Gasteiger partial charge in [-0.15, -0.1) is 0 Å². The quantitative estimate of drug-likeness (QED) is 0.454. The highest BCUT2D eigenvalue weighted by Gasteiger charge is 2.15. The first-order chi connectivity index (χ1) is 8.00. The van der Waals surface area contributed by atoms with E-state index in [2.05, 4.69) is 0 Å². The van der Waals surface area contributed by atoms with E-state index in [4.69, 9.17) is 4.74 Å². The highest BCUT2D eigenvalue weighted by atomic mass is 32.1. The summed E-state index contributed by atoms with van der Waals surface area (Å²) in [5.74, 6) is 0. The number of ether oxygens (including phenoxy) is 1. The largest absolute Gasteiger partial charge is 0.385 e. The van der Waals surface area contributed by atoms with Crippen LogP contribution in [0.15, 0.2) is 12.1 Å². The summed E-state index contributed by atoms with van der Waals surface area (Å²) in [7, 11) is 3.87. The maximum absolute atomic E-state index is 10.5. The molecular formula is C10H16N2O4S. The number of hydrogen-bond donors (Lipinski definition) is 1. The van der Waals surface area contributed by atoms with Gasteiger partial charge in [-0.3, -0.25) is 10.1 Å². The molecule has 0 aromatic carbocycles. The Morgan fingerprint density at radius 2 is 2.29 bits per heavy atom. The van der Waals surface area contributed by atoms with Crippen molar-refractivity contribution >= 4 is 16.3 Å². The van der Waals surface area contributed by atoms with Gasteiger partial charge in [0.25, 0.3) is 0 Å². The first-order valence-electron chi connectivity index (χ1n) is 5.15. The van der Waals surface area contributed by atoms with Gasteiger partial charge in [-0.1, -0.05) is 11.3 Å². The molecule has 96 valence electrons. The van der Waals surface area contributed by atoms with Gasteiger partial charge < -0.3 is 14.7 Å². The lowest BCUT2D eigenvalue weighted by Crippen LogP contribution is -2.19. The minimum absolute atomic E-state index is 0.0346. The fraction of sp³-hybridized carbons (Fsp3) is 0.600. The van der Waals surface area contributed by atoms with Crippen LogP contribution < -0.4 is 0 Å². The third-order valence-electron chi connectivity index (χ3n) is 2.08. The number of nitro groups is 1. The second-order valence-corrected chi connectivity index (χ2v) is 4.92. The minimum atomic E-state index is -0.795. The van der Waals surface area contributed by atoms with Gasteiger partial charge in [0.15, 0.2) is 0 Å². The Morgan fingerprint density at radius 3 is 2.82 bits per heavy atom. The number of thiophene rings is 1. The third kappa shape index (κ3) is 4.78. The monoisotopic (exact) mass is 260 g/mol. The van der Waals surface area contributed by atoms with Gasteiger partial charge >= 0.3 is 5.00 Å². The average Bonchev–Trinajstić information content (AvgIpc) is 2.73. The Kier molecular flexibility index (Phi) is 5.49. The fourth-order valence-electron chi connectivity index (χ4n) is 1.14. The second-order valence-electron chi connectivity index (χ2n) is 3.83. The number of hydrogen-bond acceptors (Lipinski definition) is 6. The van der Waals surface area contributed by atoms with E-state index in [-0.39, 0.29) is 11.6 Å². The summed E-state index contributed by atoms with van der Waals surface area (Å²) in [6.07, 6.45) is -0.795. The van der Waals surface area contributed by atoms with Gasteiger partial charge in [0.05, 0.1) is 18.1 Å². The molecule has 0 bridgehead atoms. The van der Waals surface area contributed by atoms with Crippen molar-refractivity contribution in [3.63, 3.8) is 0 Å². The highest BCUT2D eigenvalue weighted by molar-refractivity contribution is 7.15. The molecule has 1 atom stereocenters. The van der Waals surface area contributed by atoms with Gasteiger partial charge in [-0.2, -0.15) is 0 Å². The van der Waals surface area contributed by atoms with Gasteiger partial charge in [-0.05, 0) is 20.2 Å². The molecular weight excluding hydrogens is 244 g/mol. The minimum Gasteiger partial charge on any atom is -0.385 e. The maximum atomic E-state index is 10.5. The Bertz CT molecular complexity index is 367. The molecule has 1 N–H and O–H groups in total. The van der Waals surface area contributed by atoms with E-state index in [0.717, 1.165) is 17.9 Å². The molecule has 0 spiro atoms. The SMILES string of the molecule is CN(C)CCOCC(O)c1ccc([N+](=O)[O-])s1. The van der Waals surface area contributed by atoms with E-state index in [0.29, 0.717) is 11.5 Å². The van der Waals surface area contributed by atoms with Crippen molar-refractivity contribution in [2.45, 2.75) is 6.10 Å². The lowest BCUT2D eigenvalue weighted by Gasteiger charge is -2.12. The Labute approximate surface area is 104 Å². The predicted molar refractivity (Wildman–Crippen MR) is 65.3 cm³/mol. The number of nitrogens with zero attached hydrogens (tertiary/aromatic N) is 2. The van der Waals surface area contributed by atoms with Crippen molar-refractivity contribution in [3.05, 3.63) is 27.1 Å². The number of aliphatic hydroxyl groups excluding tert-OH is 1. The van der Waals surface area contributed by atoms with Crippen LogP contribution in [0.4, 0.5) is 5.00 Å². The smallest absolute Gasteiger partial charge is 0.324 e. The van der Waals surface area contributed by atoms with Crippen LogP contribution in [0, 0.1) is 10.1 Å². The average molecular weight is 260 g/mol. The Morgan fingerprint density at radius 1 is 1.59 bits per heavy atom. The van der Waals surface area contributed by atoms with Crippen molar-refractivity contribution < 1.29 is 14.8 Å². The first kappa shape index (κ1) is 14.0. The zero-order valence-electron chi connectivity index (χ0n) is 9.83. The first-order valence-corrected chi connectivity index (χ1v) is 5.97. The van der Waals surface area contributed by atoms with Gasteiger partial charge in [0, 0.05) is 17.5 Å². The van der Waals surface area contributed by atoms with E-state index in [1.807, 2.05) is 19.0 Å². The number of likely N-dealkylation sites (N-methyl/N-ethyl adjacent to an activating group) is 1. The zero-order chi connectivity index (χ0) is 12.8. The molecule has 0 saturated carbocycles. The van der Waals surface area contributed by atoms with E-state index in [1.54, 1.807) is 6.07 Å². The molecule has 0 aliphatic heterocycles. The van der Waals surface area contributed by atoms with Crippen LogP contribution in [0.25, 0.3) is 0 Å². The van der Waals surface area contributed by atoms with Gasteiger partial charge in [-0.25, -0.2) is 0 Å². The Hall–Kier alpha value is -1.02. The molecule has 1 aromatic rings. The van der Waals surface area contributed by atoms with Crippen LogP contribution in [-0.2, 0) is 4.74 Å². The summed E-state index contributed by atoms with van der Waals surface area (Å²) in [5.41, 5.74) is 0. The molecule has 6 nitrogen and oxygen atoms in total. The van der Waals surface area contributed by atoms with Gasteiger partial charge in [0.2, 0.25) is 0 Å². The van der Waals surface area contributed by atoms with Crippen molar-refractivity contribution in [2.75, 3.05) is 33.9 Å². The number of aliphatic hydroxyl groups is 1.